The zero-order valence-electron chi connectivity index (χ0n) is 28.1. The van der Waals surface area contributed by atoms with Crippen molar-refractivity contribution in [3.8, 4) is 45.6 Å². The molecule has 0 spiro atoms. The van der Waals surface area contributed by atoms with Gasteiger partial charge in [0.15, 0.2) is 23.3 Å². The van der Waals surface area contributed by atoms with Gasteiger partial charge in [-0.15, -0.1) is 0 Å². The third kappa shape index (κ3) is 5.49. The standard InChI is InChI=1S/C41H34N8O2/c1-2-3-4-5-6-13-23-51-41(50)31-22-14-21-30-32(31)40-48-38-29-20-12-11-19-28(29)36(46-38)44-34-25-16-8-7-15-24(25)33(42-34)43-35-26-17-9-10-18-27(26)37(45-35)47-39(30)49-40/h7-12,14-22H,2-6,13,23H2,1H3,(H2,42,43,44,45,46,47,48,49). The molecule has 250 valence electrons. The summed E-state index contributed by atoms with van der Waals surface area (Å²) in [7, 11) is 0. The molecule has 8 bridgehead atoms. The lowest BCUT2D eigenvalue weighted by Gasteiger charge is -2.06. The van der Waals surface area contributed by atoms with Crippen LogP contribution in [0.5, 0.6) is 0 Å². The van der Waals surface area contributed by atoms with Crippen LogP contribution >= 0.6 is 0 Å². The number of esters is 1. The van der Waals surface area contributed by atoms with E-state index in [2.05, 4.69) is 16.9 Å². The average Bonchev–Trinajstić information content (AvgIpc) is 3.90. The number of unbranched alkanes of at least 4 members (excludes halogenated alkanes) is 5. The molecule has 5 heterocycles. The summed E-state index contributed by atoms with van der Waals surface area (Å²) in [5.74, 6) is 1.64. The van der Waals surface area contributed by atoms with E-state index in [0.717, 1.165) is 57.7 Å². The first-order valence-corrected chi connectivity index (χ1v) is 17.6. The summed E-state index contributed by atoms with van der Waals surface area (Å²) in [4.78, 5) is 50.7. The largest absolute Gasteiger partial charge is 0.462 e. The fraction of sp³-hybridized carbons (Fsp3) is 0.195. The van der Waals surface area contributed by atoms with Crippen molar-refractivity contribution in [2.75, 3.05) is 6.61 Å². The number of nitrogens with zero attached hydrogens (tertiary/aromatic N) is 6. The Hall–Kier alpha value is -6.29. The van der Waals surface area contributed by atoms with Crippen LogP contribution in [0.2, 0.25) is 0 Å². The van der Waals surface area contributed by atoms with Crippen molar-refractivity contribution >= 4 is 50.1 Å². The molecular weight excluding hydrogens is 637 g/mol. The molecule has 10 nitrogen and oxygen atoms in total. The second-order valence-corrected chi connectivity index (χ2v) is 12.9. The van der Waals surface area contributed by atoms with Crippen LogP contribution in [0.25, 0.3) is 89.7 Å². The molecule has 0 aliphatic carbocycles. The number of benzene rings is 4. The predicted molar refractivity (Wildman–Crippen MR) is 200 cm³/mol. The second kappa shape index (κ2) is 12.9. The van der Waals surface area contributed by atoms with Crippen molar-refractivity contribution in [2.45, 2.75) is 45.4 Å². The van der Waals surface area contributed by atoms with Gasteiger partial charge in [-0.2, -0.15) is 0 Å². The highest BCUT2D eigenvalue weighted by atomic mass is 16.5. The summed E-state index contributed by atoms with van der Waals surface area (Å²) in [5, 5.41) is 3.16. The number of nitrogens with one attached hydrogen (secondary N) is 2. The molecule has 4 aromatic carbocycles. The zero-order valence-corrected chi connectivity index (χ0v) is 28.1. The lowest BCUT2D eigenvalue weighted by Crippen LogP contribution is -2.07. The Morgan fingerprint density at radius 2 is 0.961 bits per heavy atom. The molecule has 0 unspecified atom stereocenters. The topological polar surface area (TPSA) is 135 Å². The lowest BCUT2D eigenvalue weighted by molar-refractivity contribution is 0.0500. The van der Waals surface area contributed by atoms with Crippen LogP contribution in [0, 0.1) is 0 Å². The van der Waals surface area contributed by atoms with Gasteiger partial charge in [0.1, 0.15) is 22.6 Å². The van der Waals surface area contributed by atoms with Crippen LogP contribution in [0.3, 0.4) is 0 Å². The summed E-state index contributed by atoms with van der Waals surface area (Å²) in [6.45, 7) is 2.57. The van der Waals surface area contributed by atoms with E-state index in [1.54, 1.807) is 6.07 Å². The van der Waals surface area contributed by atoms with E-state index in [1.807, 2.05) is 84.9 Å². The van der Waals surface area contributed by atoms with Crippen LogP contribution in [0.15, 0.2) is 91.0 Å². The number of carbonyl (C=O) groups is 1. The number of aromatic amines is 2. The molecule has 0 saturated heterocycles. The smallest absolute Gasteiger partial charge is 0.338 e. The maximum atomic E-state index is 13.7. The average molecular weight is 671 g/mol. The normalized spacial score (nSPS) is 11.9. The molecule has 0 radical (unpaired) electrons. The predicted octanol–water partition coefficient (Wildman–Crippen LogP) is 9.39. The molecule has 9 rings (SSSR count). The van der Waals surface area contributed by atoms with Crippen LogP contribution in [-0.2, 0) is 4.74 Å². The van der Waals surface area contributed by atoms with Gasteiger partial charge in [0.2, 0.25) is 0 Å². The molecule has 3 aromatic heterocycles. The van der Waals surface area contributed by atoms with Gasteiger partial charge in [0.05, 0.1) is 12.2 Å². The van der Waals surface area contributed by atoms with Crippen LogP contribution < -0.4 is 0 Å². The van der Waals surface area contributed by atoms with Gasteiger partial charge >= 0.3 is 5.97 Å². The minimum atomic E-state index is -0.398. The molecule has 51 heavy (non-hydrogen) atoms. The van der Waals surface area contributed by atoms with Gasteiger partial charge in [-0.05, 0) is 12.5 Å². The number of aromatic nitrogens is 8. The Labute approximate surface area is 293 Å². The van der Waals surface area contributed by atoms with Crippen LogP contribution in [0.1, 0.15) is 55.8 Å². The maximum Gasteiger partial charge on any atom is 0.338 e. The van der Waals surface area contributed by atoms with Crippen LogP contribution in [0.4, 0.5) is 0 Å². The van der Waals surface area contributed by atoms with Crippen molar-refractivity contribution in [3.05, 3.63) is 96.6 Å². The SMILES string of the molecule is CCCCCCCCOC(=O)c1cccc2c3nc4nc(nc5[nH]c(nc6nc(nc([nH]3)c12)-c1ccccc1-6)c1ccccc51)-c1ccccc1-4. The summed E-state index contributed by atoms with van der Waals surface area (Å²) in [5.41, 5.74) is 6.06. The van der Waals surface area contributed by atoms with E-state index in [-0.39, 0.29) is 0 Å². The molecule has 0 atom stereocenters. The fourth-order valence-electron chi connectivity index (χ4n) is 6.99. The van der Waals surface area contributed by atoms with Crippen molar-refractivity contribution in [3.63, 3.8) is 0 Å². The summed E-state index contributed by atoms with van der Waals surface area (Å²) in [6, 6.07) is 29.4. The molecule has 0 fully saturated rings. The molecule has 2 aliphatic heterocycles. The number of rotatable bonds is 8. The Bertz CT molecular complexity index is 2650. The Kier molecular flexibility index (Phi) is 7.76. The van der Waals surface area contributed by atoms with Gasteiger partial charge in [0.25, 0.3) is 0 Å². The first-order chi connectivity index (χ1) is 25.2. The van der Waals surface area contributed by atoms with Crippen molar-refractivity contribution in [1.82, 2.24) is 39.9 Å². The quantitative estimate of drug-likeness (QED) is 0.121. The van der Waals surface area contributed by atoms with E-state index in [0.29, 0.717) is 63.4 Å². The van der Waals surface area contributed by atoms with Gasteiger partial charge in [-0.1, -0.05) is 124 Å². The van der Waals surface area contributed by atoms with E-state index in [4.69, 9.17) is 34.6 Å². The number of hydrogen-bond acceptors (Lipinski definition) is 8. The molecule has 2 aliphatic rings. The Morgan fingerprint density at radius 3 is 1.53 bits per heavy atom. The summed E-state index contributed by atoms with van der Waals surface area (Å²) >= 11 is 0. The van der Waals surface area contributed by atoms with Crippen LogP contribution in [-0.4, -0.2) is 52.4 Å². The summed E-state index contributed by atoms with van der Waals surface area (Å²) < 4.78 is 5.83. The molecule has 0 amide bonds. The lowest BCUT2D eigenvalue weighted by atomic mass is 10.1. The van der Waals surface area contributed by atoms with Gasteiger partial charge in [0, 0.05) is 43.8 Å². The first kappa shape index (κ1) is 30.7. The number of fused-ring (bicyclic) bond motifs is 20. The monoisotopic (exact) mass is 670 g/mol. The van der Waals surface area contributed by atoms with Gasteiger partial charge in [-0.3, -0.25) is 0 Å². The highest BCUT2D eigenvalue weighted by Crippen LogP contribution is 2.37. The van der Waals surface area contributed by atoms with E-state index >= 15 is 0 Å². The van der Waals surface area contributed by atoms with Crippen molar-refractivity contribution < 1.29 is 9.53 Å². The van der Waals surface area contributed by atoms with Crippen molar-refractivity contribution in [1.29, 1.82) is 0 Å². The van der Waals surface area contributed by atoms with E-state index in [1.165, 1.54) is 19.3 Å². The van der Waals surface area contributed by atoms with Gasteiger partial charge < -0.3 is 14.7 Å². The van der Waals surface area contributed by atoms with Crippen molar-refractivity contribution in [2.24, 2.45) is 0 Å². The molecule has 2 N–H and O–H groups in total. The Morgan fingerprint density at radius 1 is 0.510 bits per heavy atom. The van der Waals surface area contributed by atoms with E-state index in [9.17, 15) is 4.79 Å². The Balaban J connectivity index is 1.30. The third-order valence-corrected chi connectivity index (χ3v) is 9.53. The molecule has 10 heteroatoms. The number of carbonyl (C=O) groups excluding carboxylic acids is 1. The number of H-pyrrole nitrogens is 2. The minimum absolute atomic E-state index is 0.361. The third-order valence-electron chi connectivity index (χ3n) is 9.53. The molecule has 7 aromatic rings. The fourth-order valence-corrected chi connectivity index (χ4v) is 6.99. The number of hydrogen-bond donors (Lipinski definition) is 2. The minimum Gasteiger partial charge on any atom is -0.462 e. The molecule has 0 saturated carbocycles. The van der Waals surface area contributed by atoms with E-state index < -0.39 is 5.97 Å². The molecular formula is C41H34N8O2. The highest BCUT2D eigenvalue weighted by molar-refractivity contribution is 6.15. The number of ether oxygens (including phenoxy) is 1. The second-order valence-electron chi connectivity index (χ2n) is 12.9. The zero-order chi connectivity index (χ0) is 34.3. The maximum absolute atomic E-state index is 13.7. The highest BCUT2D eigenvalue weighted by Gasteiger charge is 2.23. The van der Waals surface area contributed by atoms with Gasteiger partial charge in [-0.25, -0.2) is 34.7 Å². The summed E-state index contributed by atoms with van der Waals surface area (Å²) in [6.07, 6.45) is 6.63. The first-order valence-electron chi connectivity index (χ1n) is 17.6.